The Morgan fingerprint density at radius 1 is 1.13 bits per heavy atom. The highest BCUT2D eigenvalue weighted by Gasteiger charge is 2.09. The molecule has 15 heavy (non-hydrogen) atoms. The molecule has 0 aliphatic heterocycles. The Kier molecular flexibility index (Phi) is 5.15. The zero-order chi connectivity index (χ0) is 11.1. The van der Waals surface area contributed by atoms with Crippen LogP contribution in [0.3, 0.4) is 0 Å². The number of unbranched alkanes of at least 4 members (excludes halogenated alkanes) is 2. The third-order valence-corrected chi connectivity index (χ3v) is 2.56. The van der Waals surface area contributed by atoms with Crippen LogP contribution in [0.5, 0.6) is 5.75 Å². The molecule has 0 saturated heterocycles. The van der Waals surface area contributed by atoms with Gasteiger partial charge in [-0.25, -0.2) is 0 Å². The first-order valence-corrected chi connectivity index (χ1v) is 5.49. The lowest BCUT2D eigenvalue weighted by atomic mass is 10.0. The van der Waals surface area contributed by atoms with Gasteiger partial charge in [0, 0.05) is 11.6 Å². The Hall–Kier alpha value is -1.06. The van der Waals surface area contributed by atoms with E-state index in [0.717, 1.165) is 37.8 Å². The van der Waals surface area contributed by atoms with Gasteiger partial charge in [-0.1, -0.05) is 31.0 Å². The van der Waals surface area contributed by atoms with E-state index in [0.29, 0.717) is 5.75 Å². The molecule has 1 aromatic rings. The minimum Gasteiger partial charge on any atom is -0.508 e. The van der Waals surface area contributed by atoms with Gasteiger partial charge in [-0.15, -0.1) is 0 Å². The average Bonchev–Trinajstić information content (AvgIpc) is 2.25. The lowest BCUT2D eigenvalue weighted by Gasteiger charge is -2.13. The summed E-state index contributed by atoms with van der Waals surface area (Å²) in [5.41, 5.74) is 12.2. The van der Waals surface area contributed by atoms with Crippen molar-refractivity contribution in [2.45, 2.75) is 31.7 Å². The van der Waals surface area contributed by atoms with Crippen LogP contribution < -0.4 is 11.5 Å². The minimum absolute atomic E-state index is 0.0658. The smallest absolute Gasteiger partial charge is 0.120 e. The number of benzene rings is 1. The second-order valence-electron chi connectivity index (χ2n) is 3.80. The molecule has 0 fully saturated rings. The summed E-state index contributed by atoms with van der Waals surface area (Å²) in [4.78, 5) is 0. The van der Waals surface area contributed by atoms with Gasteiger partial charge in [0.2, 0.25) is 0 Å². The van der Waals surface area contributed by atoms with E-state index in [1.165, 1.54) is 0 Å². The van der Waals surface area contributed by atoms with E-state index in [4.69, 9.17) is 11.5 Å². The Labute approximate surface area is 91.1 Å². The second kappa shape index (κ2) is 6.43. The lowest BCUT2D eigenvalue weighted by molar-refractivity contribution is 0.455. The predicted molar refractivity (Wildman–Crippen MR) is 62.6 cm³/mol. The highest BCUT2D eigenvalue weighted by molar-refractivity contribution is 5.34. The lowest BCUT2D eigenvalue weighted by Crippen LogP contribution is -2.10. The second-order valence-corrected chi connectivity index (χ2v) is 3.80. The molecule has 1 unspecified atom stereocenters. The number of hydrogen-bond donors (Lipinski definition) is 3. The van der Waals surface area contributed by atoms with Crippen LogP contribution in [0.25, 0.3) is 0 Å². The van der Waals surface area contributed by atoms with Crippen LogP contribution in [-0.4, -0.2) is 11.7 Å². The van der Waals surface area contributed by atoms with Crippen LogP contribution >= 0.6 is 0 Å². The van der Waals surface area contributed by atoms with Gasteiger partial charge in [-0.2, -0.15) is 0 Å². The summed E-state index contributed by atoms with van der Waals surface area (Å²) in [5, 5.41) is 9.58. The zero-order valence-electron chi connectivity index (χ0n) is 9.02. The highest BCUT2D eigenvalue weighted by atomic mass is 16.3. The fourth-order valence-electron chi connectivity index (χ4n) is 1.64. The number of nitrogens with two attached hydrogens (primary N) is 2. The topological polar surface area (TPSA) is 72.3 Å². The standard InChI is InChI=1S/C12H20N2O/c13-9-5-1-2-7-11(14)10-6-3-4-8-12(10)15/h3-4,6,8,11,15H,1-2,5,7,9,13-14H2. The average molecular weight is 208 g/mol. The van der Waals surface area contributed by atoms with Crippen LogP contribution in [-0.2, 0) is 0 Å². The van der Waals surface area contributed by atoms with Crippen molar-refractivity contribution in [2.24, 2.45) is 11.5 Å². The van der Waals surface area contributed by atoms with Gasteiger partial charge in [0.25, 0.3) is 0 Å². The Morgan fingerprint density at radius 2 is 1.87 bits per heavy atom. The normalized spacial score (nSPS) is 12.7. The van der Waals surface area contributed by atoms with Gasteiger partial charge < -0.3 is 16.6 Å². The molecule has 1 atom stereocenters. The summed E-state index contributed by atoms with van der Waals surface area (Å²) in [6.07, 6.45) is 4.12. The van der Waals surface area contributed by atoms with E-state index in [1.54, 1.807) is 12.1 Å². The first-order valence-electron chi connectivity index (χ1n) is 5.49. The maximum absolute atomic E-state index is 9.58. The number of aromatic hydroxyl groups is 1. The molecular formula is C12H20N2O. The van der Waals surface area contributed by atoms with Crippen molar-refractivity contribution < 1.29 is 5.11 Å². The summed E-state index contributed by atoms with van der Waals surface area (Å²) >= 11 is 0. The monoisotopic (exact) mass is 208 g/mol. The molecule has 0 amide bonds. The number of para-hydroxylation sites is 1. The molecule has 0 radical (unpaired) electrons. The summed E-state index contributed by atoms with van der Waals surface area (Å²) in [5.74, 6) is 0.295. The van der Waals surface area contributed by atoms with E-state index in [2.05, 4.69) is 0 Å². The van der Waals surface area contributed by atoms with Crippen LogP contribution in [0.15, 0.2) is 24.3 Å². The van der Waals surface area contributed by atoms with Crippen molar-refractivity contribution in [1.82, 2.24) is 0 Å². The van der Waals surface area contributed by atoms with Gasteiger partial charge in [0.05, 0.1) is 0 Å². The highest BCUT2D eigenvalue weighted by Crippen LogP contribution is 2.25. The van der Waals surface area contributed by atoms with E-state index in [9.17, 15) is 5.11 Å². The third-order valence-electron chi connectivity index (χ3n) is 2.56. The van der Waals surface area contributed by atoms with Crippen molar-refractivity contribution in [1.29, 1.82) is 0 Å². The molecule has 0 saturated carbocycles. The Balaban J connectivity index is 2.40. The Bertz CT molecular complexity index is 289. The zero-order valence-corrected chi connectivity index (χ0v) is 9.02. The minimum atomic E-state index is -0.0658. The van der Waals surface area contributed by atoms with Crippen molar-refractivity contribution in [2.75, 3.05) is 6.54 Å². The summed E-state index contributed by atoms with van der Waals surface area (Å²) in [6, 6.07) is 7.19. The maximum atomic E-state index is 9.58. The fraction of sp³-hybridized carbons (Fsp3) is 0.500. The van der Waals surface area contributed by atoms with Crippen LogP contribution in [0.2, 0.25) is 0 Å². The van der Waals surface area contributed by atoms with Gasteiger partial charge >= 0.3 is 0 Å². The van der Waals surface area contributed by atoms with E-state index < -0.39 is 0 Å². The third kappa shape index (κ3) is 3.90. The molecule has 5 N–H and O–H groups in total. The summed E-state index contributed by atoms with van der Waals surface area (Å²) in [6.45, 7) is 0.742. The number of phenolic OH excluding ortho intramolecular Hbond substituents is 1. The van der Waals surface area contributed by atoms with Crippen LogP contribution in [0.4, 0.5) is 0 Å². The molecule has 0 bridgehead atoms. The molecule has 0 heterocycles. The molecular weight excluding hydrogens is 188 g/mol. The number of rotatable bonds is 6. The number of phenols is 1. The van der Waals surface area contributed by atoms with E-state index in [-0.39, 0.29) is 6.04 Å². The summed E-state index contributed by atoms with van der Waals surface area (Å²) < 4.78 is 0. The molecule has 0 aliphatic carbocycles. The molecule has 1 aromatic carbocycles. The van der Waals surface area contributed by atoms with Gasteiger partial charge in [-0.3, -0.25) is 0 Å². The molecule has 1 rings (SSSR count). The molecule has 3 heteroatoms. The van der Waals surface area contributed by atoms with Gasteiger partial charge in [0.1, 0.15) is 5.75 Å². The van der Waals surface area contributed by atoms with Crippen LogP contribution in [0, 0.1) is 0 Å². The van der Waals surface area contributed by atoms with Crippen molar-refractivity contribution >= 4 is 0 Å². The van der Waals surface area contributed by atoms with E-state index in [1.807, 2.05) is 12.1 Å². The quantitative estimate of drug-likeness (QED) is 0.625. The first kappa shape index (κ1) is 12.0. The molecule has 0 aliphatic rings. The molecule has 3 nitrogen and oxygen atoms in total. The SMILES string of the molecule is NCCCCCC(N)c1ccccc1O. The first-order chi connectivity index (χ1) is 7.25. The molecule has 84 valence electrons. The van der Waals surface area contributed by atoms with Crippen LogP contribution in [0.1, 0.15) is 37.3 Å². The van der Waals surface area contributed by atoms with Crippen molar-refractivity contribution in [3.05, 3.63) is 29.8 Å². The Morgan fingerprint density at radius 3 is 2.53 bits per heavy atom. The van der Waals surface area contributed by atoms with Gasteiger partial charge in [0.15, 0.2) is 0 Å². The van der Waals surface area contributed by atoms with Crippen molar-refractivity contribution in [3.8, 4) is 5.75 Å². The van der Waals surface area contributed by atoms with E-state index >= 15 is 0 Å². The number of hydrogen-bond acceptors (Lipinski definition) is 3. The predicted octanol–water partition coefficient (Wildman–Crippen LogP) is 1.91. The molecule has 0 spiro atoms. The van der Waals surface area contributed by atoms with Gasteiger partial charge in [-0.05, 0) is 25.5 Å². The fourth-order valence-corrected chi connectivity index (χ4v) is 1.64. The maximum Gasteiger partial charge on any atom is 0.120 e. The van der Waals surface area contributed by atoms with Crippen molar-refractivity contribution in [3.63, 3.8) is 0 Å². The molecule has 0 aromatic heterocycles. The largest absolute Gasteiger partial charge is 0.508 e. The summed E-state index contributed by atoms with van der Waals surface area (Å²) in [7, 11) is 0.